The van der Waals surface area contributed by atoms with Crippen LogP contribution in [0.5, 0.6) is 0 Å². The van der Waals surface area contributed by atoms with Gasteiger partial charge in [0.2, 0.25) is 5.91 Å². The van der Waals surface area contributed by atoms with Crippen LogP contribution < -0.4 is 5.32 Å². The van der Waals surface area contributed by atoms with Crippen molar-refractivity contribution in [2.45, 2.75) is 50.9 Å². The summed E-state index contributed by atoms with van der Waals surface area (Å²) in [5.74, 6) is 0.00791. The number of amides is 1. The number of rotatable bonds is 7. The topological polar surface area (TPSA) is 61.8 Å². The van der Waals surface area contributed by atoms with Gasteiger partial charge in [0.05, 0.1) is 12.2 Å². The van der Waals surface area contributed by atoms with Crippen molar-refractivity contribution in [3.05, 3.63) is 35.4 Å². The Bertz CT molecular complexity index is 543. The van der Waals surface area contributed by atoms with Gasteiger partial charge in [-0.1, -0.05) is 24.3 Å². The minimum absolute atomic E-state index is 0.00791. The quantitative estimate of drug-likeness (QED) is 0.794. The monoisotopic (exact) mass is 332 g/mol. The van der Waals surface area contributed by atoms with Crippen molar-refractivity contribution in [2.24, 2.45) is 0 Å². The van der Waals surface area contributed by atoms with Crippen LogP contribution in [-0.4, -0.2) is 54.4 Å². The zero-order valence-electron chi connectivity index (χ0n) is 14.2. The van der Waals surface area contributed by atoms with Crippen LogP contribution in [0, 0.1) is 0 Å². The van der Waals surface area contributed by atoms with Crippen molar-refractivity contribution >= 4 is 5.91 Å². The molecule has 5 nitrogen and oxygen atoms in total. The average molecular weight is 332 g/mol. The van der Waals surface area contributed by atoms with E-state index in [0.717, 1.165) is 45.4 Å². The molecule has 0 saturated carbocycles. The van der Waals surface area contributed by atoms with Crippen LogP contribution >= 0.6 is 0 Å². The normalized spacial score (nSPS) is 22.1. The Balaban J connectivity index is 1.34. The summed E-state index contributed by atoms with van der Waals surface area (Å²) >= 11 is 0. The van der Waals surface area contributed by atoms with Crippen molar-refractivity contribution in [2.75, 3.05) is 26.2 Å². The predicted octanol–water partition coefficient (Wildman–Crippen LogP) is 1.48. The molecule has 2 N–H and O–H groups in total. The lowest BCUT2D eigenvalue weighted by molar-refractivity contribution is -0.122. The Hall–Kier alpha value is -1.43. The number of hydrogen-bond acceptors (Lipinski definition) is 4. The molecule has 1 fully saturated rings. The number of β-amino-alcohol motifs (C(OH)–C–C–N with tert-alkyl or cyclic N) is 1. The molecule has 0 radical (unpaired) electrons. The van der Waals surface area contributed by atoms with E-state index < -0.39 is 6.10 Å². The molecule has 132 valence electrons. The van der Waals surface area contributed by atoms with Gasteiger partial charge in [0, 0.05) is 39.2 Å². The predicted molar refractivity (Wildman–Crippen MR) is 92.6 cm³/mol. The van der Waals surface area contributed by atoms with Crippen LogP contribution in [0.1, 0.15) is 36.8 Å². The number of benzene rings is 1. The molecule has 24 heavy (non-hydrogen) atoms. The molecule has 1 saturated heterocycles. The zero-order chi connectivity index (χ0) is 16.8. The molecule has 2 unspecified atom stereocenters. The third kappa shape index (κ3) is 5.03. The van der Waals surface area contributed by atoms with E-state index >= 15 is 0 Å². The summed E-state index contributed by atoms with van der Waals surface area (Å²) in [7, 11) is 0. The number of aliphatic hydroxyl groups is 1. The van der Waals surface area contributed by atoms with Crippen LogP contribution in [0.4, 0.5) is 0 Å². The Morgan fingerprint density at radius 2 is 2.21 bits per heavy atom. The zero-order valence-corrected chi connectivity index (χ0v) is 14.2. The summed E-state index contributed by atoms with van der Waals surface area (Å²) in [4.78, 5) is 14.1. The lowest BCUT2D eigenvalue weighted by Gasteiger charge is -2.30. The Morgan fingerprint density at radius 1 is 1.38 bits per heavy atom. The number of ether oxygens (including phenoxy) is 1. The largest absolute Gasteiger partial charge is 0.390 e. The first-order chi connectivity index (χ1) is 11.7. The fourth-order valence-electron chi connectivity index (χ4n) is 3.56. The molecule has 0 spiro atoms. The molecule has 0 aromatic heterocycles. The van der Waals surface area contributed by atoms with Gasteiger partial charge in [0.25, 0.3) is 0 Å². The van der Waals surface area contributed by atoms with E-state index in [2.05, 4.69) is 34.5 Å². The highest BCUT2D eigenvalue weighted by Gasteiger charge is 2.19. The van der Waals surface area contributed by atoms with Crippen LogP contribution in [0.2, 0.25) is 0 Å². The van der Waals surface area contributed by atoms with E-state index in [4.69, 9.17) is 4.74 Å². The Morgan fingerprint density at radius 3 is 3.00 bits per heavy atom. The molecule has 3 rings (SSSR count). The molecule has 2 aliphatic heterocycles. The molecule has 2 atom stereocenters. The van der Waals surface area contributed by atoms with Crippen LogP contribution in [-0.2, 0) is 22.5 Å². The van der Waals surface area contributed by atoms with Gasteiger partial charge < -0.3 is 15.2 Å². The highest BCUT2D eigenvalue weighted by atomic mass is 16.5. The number of nitrogens with one attached hydrogen (secondary N) is 1. The Labute approximate surface area is 144 Å². The van der Waals surface area contributed by atoms with Crippen LogP contribution in [0.15, 0.2) is 24.3 Å². The summed E-state index contributed by atoms with van der Waals surface area (Å²) in [6.45, 7) is 3.58. The maximum Gasteiger partial charge on any atom is 0.220 e. The van der Waals surface area contributed by atoms with Gasteiger partial charge in [-0.3, -0.25) is 9.69 Å². The van der Waals surface area contributed by atoms with Crippen LogP contribution in [0.3, 0.4) is 0 Å². The third-order valence-electron chi connectivity index (χ3n) is 4.93. The second-order valence-corrected chi connectivity index (χ2v) is 6.89. The molecule has 2 heterocycles. The van der Waals surface area contributed by atoms with Gasteiger partial charge >= 0.3 is 0 Å². The van der Waals surface area contributed by atoms with E-state index in [1.165, 1.54) is 11.1 Å². The Kier molecular flexibility index (Phi) is 6.24. The van der Waals surface area contributed by atoms with Crippen molar-refractivity contribution in [3.63, 3.8) is 0 Å². The van der Waals surface area contributed by atoms with E-state index in [1.807, 2.05) is 0 Å². The molecular formula is C19H28N2O3. The molecule has 1 amide bonds. The summed E-state index contributed by atoms with van der Waals surface area (Å²) in [6.07, 6.45) is 4.17. The van der Waals surface area contributed by atoms with Gasteiger partial charge in [-0.2, -0.15) is 0 Å². The first-order valence-corrected chi connectivity index (χ1v) is 9.06. The number of nitrogens with zero attached hydrogens (tertiary/aromatic N) is 1. The molecule has 5 heteroatoms. The van der Waals surface area contributed by atoms with Gasteiger partial charge in [-0.15, -0.1) is 0 Å². The fraction of sp³-hybridized carbons (Fsp3) is 0.632. The first-order valence-electron chi connectivity index (χ1n) is 9.06. The highest BCUT2D eigenvalue weighted by Crippen LogP contribution is 2.18. The van der Waals surface area contributed by atoms with Crippen molar-refractivity contribution in [1.29, 1.82) is 0 Å². The van der Waals surface area contributed by atoms with E-state index in [0.29, 0.717) is 19.5 Å². The number of fused-ring (bicyclic) bond motifs is 1. The summed E-state index contributed by atoms with van der Waals surface area (Å²) in [5, 5.41) is 13.0. The molecule has 1 aromatic carbocycles. The van der Waals surface area contributed by atoms with E-state index in [-0.39, 0.29) is 12.0 Å². The minimum Gasteiger partial charge on any atom is -0.390 e. The smallest absolute Gasteiger partial charge is 0.220 e. The van der Waals surface area contributed by atoms with Gasteiger partial charge in [0.1, 0.15) is 0 Å². The second kappa shape index (κ2) is 8.60. The van der Waals surface area contributed by atoms with Gasteiger partial charge in [-0.05, 0) is 36.8 Å². The maximum atomic E-state index is 11.9. The van der Waals surface area contributed by atoms with Crippen molar-refractivity contribution in [3.8, 4) is 0 Å². The SMILES string of the molecule is O=C(CCC1CCCO1)NCC(O)CN1CCc2ccccc2C1. The number of carbonyl (C=O) groups is 1. The summed E-state index contributed by atoms with van der Waals surface area (Å²) < 4.78 is 5.52. The number of aliphatic hydroxyl groups excluding tert-OH is 1. The molecular weight excluding hydrogens is 304 g/mol. The van der Waals surface area contributed by atoms with E-state index in [1.54, 1.807) is 0 Å². The summed E-state index contributed by atoms with van der Waals surface area (Å²) in [6, 6.07) is 8.47. The lowest BCUT2D eigenvalue weighted by atomic mass is 10.00. The summed E-state index contributed by atoms with van der Waals surface area (Å²) in [5.41, 5.74) is 2.75. The van der Waals surface area contributed by atoms with Crippen LogP contribution in [0.25, 0.3) is 0 Å². The maximum absolute atomic E-state index is 11.9. The first kappa shape index (κ1) is 17.4. The standard InChI is InChI=1S/C19H28N2O3/c22-17(12-20-19(23)8-7-18-6-3-11-24-18)14-21-10-9-15-4-1-2-5-16(15)13-21/h1-2,4-5,17-18,22H,3,6-14H2,(H,20,23). The van der Waals surface area contributed by atoms with E-state index in [9.17, 15) is 9.90 Å². The number of carbonyl (C=O) groups excluding carboxylic acids is 1. The average Bonchev–Trinajstić information content (AvgIpc) is 3.11. The molecule has 0 aliphatic carbocycles. The molecule has 2 aliphatic rings. The van der Waals surface area contributed by atoms with Gasteiger partial charge in [0.15, 0.2) is 0 Å². The second-order valence-electron chi connectivity index (χ2n) is 6.89. The highest BCUT2D eigenvalue weighted by molar-refractivity contribution is 5.75. The van der Waals surface area contributed by atoms with Gasteiger partial charge in [-0.25, -0.2) is 0 Å². The lowest BCUT2D eigenvalue weighted by Crippen LogP contribution is -2.42. The minimum atomic E-state index is -0.526. The van der Waals surface area contributed by atoms with Crippen molar-refractivity contribution in [1.82, 2.24) is 10.2 Å². The van der Waals surface area contributed by atoms with Crippen molar-refractivity contribution < 1.29 is 14.6 Å². The molecule has 1 aromatic rings. The fourth-order valence-corrected chi connectivity index (χ4v) is 3.56. The molecule has 0 bridgehead atoms. The number of hydrogen-bond donors (Lipinski definition) is 2. The third-order valence-corrected chi connectivity index (χ3v) is 4.93.